The van der Waals surface area contributed by atoms with Gasteiger partial charge in [-0.1, -0.05) is 6.42 Å². The van der Waals surface area contributed by atoms with Crippen molar-refractivity contribution < 1.29 is 23.8 Å². The number of esters is 1. The Morgan fingerprint density at radius 2 is 1.76 bits per heavy atom. The molecule has 0 bridgehead atoms. The molecule has 0 unspecified atom stereocenters. The van der Waals surface area contributed by atoms with Crippen LogP contribution in [0, 0.1) is 0 Å². The van der Waals surface area contributed by atoms with Crippen LogP contribution in [-0.4, -0.2) is 43.5 Å². The third-order valence-corrected chi connectivity index (χ3v) is 3.22. The van der Waals surface area contributed by atoms with Gasteiger partial charge in [0.25, 0.3) is 0 Å². The molecule has 0 aromatic heterocycles. The summed E-state index contributed by atoms with van der Waals surface area (Å²) in [6, 6.07) is -0.0787. The minimum Gasteiger partial charge on any atom is -0.466 e. The van der Waals surface area contributed by atoms with Crippen LogP contribution in [0.25, 0.3) is 0 Å². The molecular formula is C15H27NO5. The zero-order chi connectivity index (χ0) is 15.7. The Bertz CT molecular complexity index is 333. The van der Waals surface area contributed by atoms with Crippen LogP contribution >= 0.6 is 0 Å². The van der Waals surface area contributed by atoms with Gasteiger partial charge < -0.3 is 19.5 Å². The monoisotopic (exact) mass is 301 g/mol. The van der Waals surface area contributed by atoms with E-state index >= 15 is 0 Å². The molecule has 0 aliphatic carbocycles. The molecule has 0 aromatic rings. The van der Waals surface area contributed by atoms with E-state index in [1.807, 2.05) is 13.8 Å². The van der Waals surface area contributed by atoms with Crippen molar-refractivity contribution in [2.75, 3.05) is 19.8 Å². The fourth-order valence-electron chi connectivity index (χ4n) is 2.04. The summed E-state index contributed by atoms with van der Waals surface area (Å²) in [5.41, 5.74) is 0. The molecule has 1 N–H and O–H groups in total. The Labute approximate surface area is 126 Å². The lowest BCUT2D eigenvalue weighted by atomic mass is 10.1. The van der Waals surface area contributed by atoms with Gasteiger partial charge in [-0.25, -0.2) is 0 Å². The molecule has 122 valence electrons. The maximum Gasteiger partial charge on any atom is 0.305 e. The molecule has 1 rings (SSSR count). The summed E-state index contributed by atoms with van der Waals surface area (Å²) in [5.74, 6) is -0.724. The molecule has 0 spiro atoms. The van der Waals surface area contributed by atoms with Crippen LogP contribution in [0.3, 0.4) is 0 Å². The highest BCUT2D eigenvalue weighted by Crippen LogP contribution is 2.17. The first-order valence-electron chi connectivity index (χ1n) is 7.66. The molecule has 0 radical (unpaired) electrons. The Morgan fingerprint density at radius 1 is 1.14 bits per heavy atom. The minimum atomic E-state index is -0.561. The second-order valence-electron chi connectivity index (χ2n) is 5.65. The van der Waals surface area contributed by atoms with Crippen molar-refractivity contribution in [3.8, 4) is 0 Å². The van der Waals surface area contributed by atoms with Gasteiger partial charge in [-0.2, -0.15) is 0 Å². The summed E-state index contributed by atoms with van der Waals surface area (Å²) < 4.78 is 15.8. The number of nitrogens with one attached hydrogen (secondary N) is 1. The lowest BCUT2D eigenvalue weighted by Crippen LogP contribution is -2.50. The second-order valence-corrected chi connectivity index (χ2v) is 5.65. The number of amides is 1. The zero-order valence-electron chi connectivity index (χ0n) is 13.3. The van der Waals surface area contributed by atoms with Crippen molar-refractivity contribution in [1.82, 2.24) is 5.32 Å². The average molecular weight is 301 g/mol. The fraction of sp³-hybridized carbons (Fsp3) is 0.867. The van der Waals surface area contributed by atoms with Crippen molar-refractivity contribution in [2.24, 2.45) is 0 Å². The van der Waals surface area contributed by atoms with Gasteiger partial charge in [0.1, 0.15) is 0 Å². The molecule has 1 saturated heterocycles. The molecule has 6 heteroatoms. The van der Waals surface area contributed by atoms with E-state index in [4.69, 9.17) is 14.2 Å². The van der Waals surface area contributed by atoms with Gasteiger partial charge in [0.15, 0.2) is 5.79 Å². The van der Waals surface area contributed by atoms with Crippen molar-refractivity contribution in [1.29, 1.82) is 0 Å². The number of unbranched alkanes of at least 4 members (excludes halogenated alkanes) is 2. The van der Waals surface area contributed by atoms with Crippen molar-refractivity contribution in [3.63, 3.8) is 0 Å². The molecule has 1 aliphatic heterocycles. The molecule has 1 heterocycles. The molecule has 0 saturated carbocycles. The van der Waals surface area contributed by atoms with Gasteiger partial charge in [-0.05, 0) is 33.6 Å². The van der Waals surface area contributed by atoms with E-state index in [9.17, 15) is 9.59 Å². The van der Waals surface area contributed by atoms with E-state index < -0.39 is 5.79 Å². The van der Waals surface area contributed by atoms with Crippen LogP contribution < -0.4 is 5.32 Å². The second kappa shape index (κ2) is 9.00. The summed E-state index contributed by atoms with van der Waals surface area (Å²) >= 11 is 0. The third kappa shape index (κ3) is 8.02. The van der Waals surface area contributed by atoms with E-state index in [2.05, 4.69) is 5.32 Å². The first-order chi connectivity index (χ1) is 9.93. The molecule has 1 amide bonds. The lowest BCUT2D eigenvalue weighted by Gasteiger charge is -2.35. The Hall–Kier alpha value is -1.14. The number of ether oxygens (including phenoxy) is 3. The van der Waals surface area contributed by atoms with Gasteiger partial charge in [-0.15, -0.1) is 0 Å². The summed E-state index contributed by atoms with van der Waals surface area (Å²) in [6.07, 6.45) is 3.26. The first-order valence-corrected chi connectivity index (χ1v) is 7.66. The van der Waals surface area contributed by atoms with E-state index in [0.29, 0.717) is 32.7 Å². The van der Waals surface area contributed by atoms with Gasteiger partial charge in [-0.3, -0.25) is 9.59 Å². The van der Waals surface area contributed by atoms with Crippen LogP contribution in [0.15, 0.2) is 0 Å². The van der Waals surface area contributed by atoms with Crippen LogP contribution in [0.4, 0.5) is 0 Å². The third-order valence-electron chi connectivity index (χ3n) is 3.22. The number of carbonyl (C=O) groups excluding carboxylic acids is 2. The van der Waals surface area contributed by atoms with Crippen LogP contribution in [0.2, 0.25) is 0 Å². The summed E-state index contributed by atoms with van der Waals surface area (Å²) in [7, 11) is 0. The van der Waals surface area contributed by atoms with Crippen molar-refractivity contribution in [3.05, 3.63) is 0 Å². The van der Waals surface area contributed by atoms with E-state index in [-0.39, 0.29) is 17.9 Å². The van der Waals surface area contributed by atoms with Gasteiger partial charge >= 0.3 is 5.97 Å². The zero-order valence-corrected chi connectivity index (χ0v) is 13.3. The van der Waals surface area contributed by atoms with Gasteiger partial charge in [0, 0.05) is 12.8 Å². The molecule has 1 fully saturated rings. The maximum atomic E-state index is 11.8. The quantitative estimate of drug-likeness (QED) is 0.546. The van der Waals surface area contributed by atoms with Gasteiger partial charge in [0.05, 0.1) is 25.9 Å². The number of hydrogen-bond acceptors (Lipinski definition) is 5. The Morgan fingerprint density at radius 3 is 2.38 bits per heavy atom. The Balaban J connectivity index is 2.03. The fourth-order valence-corrected chi connectivity index (χ4v) is 2.04. The molecule has 21 heavy (non-hydrogen) atoms. The van der Waals surface area contributed by atoms with Crippen molar-refractivity contribution in [2.45, 2.75) is 64.7 Å². The molecule has 1 aliphatic rings. The first kappa shape index (κ1) is 17.9. The predicted octanol–water partition coefficient (Wildman–Crippen LogP) is 1.77. The molecular weight excluding hydrogens is 274 g/mol. The predicted molar refractivity (Wildman–Crippen MR) is 77.6 cm³/mol. The van der Waals surface area contributed by atoms with Crippen LogP contribution in [0.5, 0.6) is 0 Å². The molecule has 0 aromatic carbocycles. The maximum absolute atomic E-state index is 11.8. The summed E-state index contributed by atoms with van der Waals surface area (Å²) in [4.78, 5) is 22.9. The molecule has 0 atom stereocenters. The smallest absolute Gasteiger partial charge is 0.305 e. The molecule has 6 nitrogen and oxygen atoms in total. The number of rotatable bonds is 8. The van der Waals surface area contributed by atoms with Crippen LogP contribution in [0.1, 0.15) is 52.9 Å². The minimum absolute atomic E-state index is 0.00282. The van der Waals surface area contributed by atoms with Crippen LogP contribution in [-0.2, 0) is 23.8 Å². The number of hydrogen-bond donors (Lipinski definition) is 1. The standard InChI is InChI=1S/C15H27NO5/c1-4-19-14(18)9-7-5-6-8-13(17)16-12-10-20-15(2,3)21-11-12/h12H,4-11H2,1-3H3,(H,16,17). The van der Waals surface area contributed by atoms with Crippen molar-refractivity contribution >= 4 is 11.9 Å². The van der Waals surface area contributed by atoms with E-state index in [0.717, 1.165) is 19.3 Å². The Kier molecular flexibility index (Phi) is 7.67. The normalized spacial score (nSPS) is 18.2. The highest BCUT2D eigenvalue weighted by atomic mass is 16.7. The average Bonchev–Trinajstić information content (AvgIpc) is 2.41. The van der Waals surface area contributed by atoms with E-state index in [1.165, 1.54) is 0 Å². The highest BCUT2D eigenvalue weighted by Gasteiger charge is 2.28. The lowest BCUT2D eigenvalue weighted by molar-refractivity contribution is -0.252. The van der Waals surface area contributed by atoms with Gasteiger partial charge in [0.2, 0.25) is 5.91 Å². The van der Waals surface area contributed by atoms with E-state index in [1.54, 1.807) is 6.92 Å². The largest absolute Gasteiger partial charge is 0.466 e. The number of carbonyl (C=O) groups is 2. The summed E-state index contributed by atoms with van der Waals surface area (Å²) in [5, 5.41) is 2.90. The highest BCUT2D eigenvalue weighted by molar-refractivity contribution is 5.76. The SMILES string of the molecule is CCOC(=O)CCCCCC(=O)NC1COC(C)(C)OC1. The topological polar surface area (TPSA) is 73.9 Å². The summed E-state index contributed by atoms with van der Waals surface area (Å²) in [6.45, 7) is 6.87.